The van der Waals surface area contributed by atoms with Crippen LogP contribution in [0, 0.1) is 11.7 Å². The molecule has 0 unspecified atom stereocenters. The van der Waals surface area contributed by atoms with Gasteiger partial charge in [-0.15, -0.1) is 11.3 Å². The predicted molar refractivity (Wildman–Crippen MR) is 103 cm³/mol. The molecule has 1 amide bonds. The standard InChI is InChI=1S/C21H22FNO3S/c1-12(24)18-6-7-19(27-18)17-10-15(22)8-14-9-16(26-20(14)17)11-23-21(25)13-4-2-3-5-13/h6-8,10,13,16H,2-5,9,11H2,1H3,(H,23,25)/t16-/m1/s1. The van der Waals surface area contributed by atoms with E-state index in [1.165, 1.54) is 30.4 Å². The number of fused-ring (bicyclic) bond motifs is 1. The Bertz CT molecular complexity index is 886. The summed E-state index contributed by atoms with van der Waals surface area (Å²) in [7, 11) is 0. The average molecular weight is 387 g/mol. The van der Waals surface area contributed by atoms with Gasteiger partial charge >= 0.3 is 0 Å². The van der Waals surface area contributed by atoms with Crippen LogP contribution in [0.3, 0.4) is 0 Å². The molecule has 4 rings (SSSR count). The lowest BCUT2D eigenvalue weighted by molar-refractivity contribution is -0.125. The minimum absolute atomic E-state index is 0.00674. The van der Waals surface area contributed by atoms with Crippen LogP contribution in [-0.4, -0.2) is 24.3 Å². The molecular formula is C21H22FNO3S. The zero-order valence-corrected chi connectivity index (χ0v) is 16.0. The summed E-state index contributed by atoms with van der Waals surface area (Å²) in [5.41, 5.74) is 1.48. The first-order valence-corrected chi connectivity index (χ1v) is 10.2. The lowest BCUT2D eigenvalue weighted by Crippen LogP contribution is -2.37. The molecule has 1 fully saturated rings. The van der Waals surface area contributed by atoms with Crippen molar-refractivity contribution >= 4 is 23.0 Å². The van der Waals surface area contributed by atoms with Gasteiger partial charge in [0.1, 0.15) is 17.7 Å². The molecule has 0 spiro atoms. The van der Waals surface area contributed by atoms with Gasteiger partial charge in [-0.1, -0.05) is 12.8 Å². The molecule has 2 heterocycles. The van der Waals surface area contributed by atoms with Crippen molar-refractivity contribution in [3.8, 4) is 16.2 Å². The second-order valence-electron chi connectivity index (χ2n) is 7.33. The van der Waals surface area contributed by atoms with Crippen LogP contribution < -0.4 is 10.1 Å². The summed E-state index contributed by atoms with van der Waals surface area (Å²) in [5, 5.41) is 2.99. The van der Waals surface area contributed by atoms with Gasteiger partial charge in [0.15, 0.2) is 5.78 Å². The highest BCUT2D eigenvalue weighted by atomic mass is 32.1. The first-order chi connectivity index (χ1) is 13.0. The van der Waals surface area contributed by atoms with E-state index in [9.17, 15) is 14.0 Å². The fraction of sp³-hybridized carbons (Fsp3) is 0.429. The smallest absolute Gasteiger partial charge is 0.223 e. The number of ketones is 1. The van der Waals surface area contributed by atoms with Gasteiger partial charge in [0, 0.05) is 28.3 Å². The number of rotatable bonds is 5. The predicted octanol–water partition coefficient (Wildman–Crippen LogP) is 4.37. The van der Waals surface area contributed by atoms with Crippen molar-refractivity contribution in [1.82, 2.24) is 5.32 Å². The second-order valence-corrected chi connectivity index (χ2v) is 8.42. The van der Waals surface area contributed by atoms with Crippen LogP contribution in [0.15, 0.2) is 24.3 Å². The van der Waals surface area contributed by atoms with Crippen LogP contribution >= 0.6 is 11.3 Å². The molecule has 1 aliphatic carbocycles. The molecule has 6 heteroatoms. The molecule has 1 aromatic carbocycles. The molecule has 142 valence electrons. The van der Waals surface area contributed by atoms with Gasteiger partial charge in [0.2, 0.25) is 5.91 Å². The number of nitrogens with one attached hydrogen (secondary N) is 1. The van der Waals surface area contributed by atoms with E-state index in [0.717, 1.165) is 36.1 Å². The number of carbonyl (C=O) groups excluding carboxylic acids is 2. The maximum atomic E-state index is 14.1. The number of hydrogen-bond donors (Lipinski definition) is 1. The van der Waals surface area contributed by atoms with Crippen LogP contribution in [0.4, 0.5) is 4.39 Å². The molecular weight excluding hydrogens is 365 g/mol. The van der Waals surface area contributed by atoms with Crippen LogP contribution in [0.5, 0.6) is 5.75 Å². The van der Waals surface area contributed by atoms with Crippen molar-refractivity contribution in [2.24, 2.45) is 5.92 Å². The summed E-state index contributed by atoms with van der Waals surface area (Å²) < 4.78 is 20.2. The van der Waals surface area contributed by atoms with Gasteiger partial charge in [-0.2, -0.15) is 0 Å². The second kappa shape index (κ2) is 7.43. The maximum absolute atomic E-state index is 14.1. The third-order valence-corrected chi connectivity index (χ3v) is 6.53. The summed E-state index contributed by atoms with van der Waals surface area (Å²) in [4.78, 5) is 25.2. The number of hydrogen-bond acceptors (Lipinski definition) is 4. The minimum atomic E-state index is -0.319. The molecule has 1 atom stereocenters. The Morgan fingerprint density at radius 3 is 2.74 bits per heavy atom. The Labute approximate surface area is 161 Å². The van der Waals surface area contributed by atoms with E-state index in [-0.39, 0.29) is 29.5 Å². The Morgan fingerprint density at radius 1 is 1.26 bits per heavy atom. The summed E-state index contributed by atoms with van der Waals surface area (Å²) in [6.45, 7) is 1.94. The van der Waals surface area contributed by atoms with Crippen molar-refractivity contribution in [2.45, 2.75) is 45.1 Å². The lowest BCUT2D eigenvalue weighted by atomic mass is 10.0. The number of halogens is 1. The summed E-state index contributed by atoms with van der Waals surface area (Å²) >= 11 is 1.34. The van der Waals surface area contributed by atoms with Crippen molar-refractivity contribution in [3.63, 3.8) is 0 Å². The Kier molecular flexibility index (Phi) is 5.00. The number of carbonyl (C=O) groups is 2. The highest BCUT2D eigenvalue weighted by Gasteiger charge is 2.29. The van der Waals surface area contributed by atoms with Gasteiger partial charge in [-0.05, 0) is 44.0 Å². The molecule has 0 bridgehead atoms. The lowest BCUT2D eigenvalue weighted by Gasteiger charge is -2.15. The number of amides is 1. The van der Waals surface area contributed by atoms with Crippen LogP contribution in [-0.2, 0) is 11.2 Å². The number of benzene rings is 1. The van der Waals surface area contributed by atoms with E-state index in [1.807, 2.05) is 6.07 Å². The quantitative estimate of drug-likeness (QED) is 0.776. The largest absolute Gasteiger partial charge is 0.487 e. The van der Waals surface area contributed by atoms with Gasteiger partial charge in [0.25, 0.3) is 0 Å². The average Bonchev–Trinajstić information content (AvgIpc) is 3.38. The van der Waals surface area contributed by atoms with Gasteiger partial charge in [-0.3, -0.25) is 9.59 Å². The summed E-state index contributed by atoms with van der Waals surface area (Å²) in [6.07, 6.45) is 4.53. The zero-order valence-electron chi connectivity index (χ0n) is 15.2. The van der Waals surface area contributed by atoms with Crippen molar-refractivity contribution in [1.29, 1.82) is 0 Å². The van der Waals surface area contributed by atoms with Gasteiger partial charge in [-0.25, -0.2) is 4.39 Å². The zero-order chi connectivity index (χ0) is 19.0. The number of Topliss-reactive ketones (excluding diaryl/α,β-unsaturated/α-hetero) is 1. The van der Waals surface area contributed by atoms with Crippen LogP contribution in [0.2, 0.25) is 0 Å². The monoisotopic (exact) mass is 387 g/mol. The van der Waals surface area contributed by atoms with Gasteiger partial charge in [0.05, 0.1) is 11.4 Å². The maximum Gasteiger partial charge on any atom is 0.223 e. The topological polar surface area (TPSA) is 55.4 Å². The molecule has 1 aliphatic heterocycles. The molecule has 2 aliphatic rings. The fourth-order valence-electron chi connectivity index (χ4n) is 3.91. The van der Waals surface area contributed by atoms with E-state index in [0.29, 0.717) is 29.2 Å². The fourth-order valence-corrected chi connectivity index (χ4v) is 4.82. The molecule has 1 N–H and O–H groups in total. The summed E-state index contributed by atoms with van der Waals surface area (Å²) in [5.74, 6) is 0.558. The molecule has 1 saturated carbocycles. The van der Waals surface area contributed by atoms with Crippen molar-refractivity contribution < 1.29 is 18.7 Å². The minimum Gasteiger partial charge on any atom is -0.487 e. The molecule has 2 aromatic rings. The molecule has 4 nitrogen and oxygen atoms in total. The molecule has 0 saturated heterocycles. The first-order valence-electron chi connectivity index (χ1n) is 9.39. The van der Waals surface area contributed by atoms with Crippen molar-refractivity contribution in [3.05, 3.63) is 40.5 Å². The van der Waals surface area contributed by atoms with E-state index >= 15 is 0 Å². The first kappa shape index (κ1) is 18.2. The number of thiophene rings is 1. The normalized spacial score (nSPS) is 19.0. The van der Waals surface area contributed by atoms with Crippen molar-refractivity contribution in [2.75, 3.05) is 6.54 Å². The molecule has 27 heavy (non-hydrogen) atoms. The molecule has 0 radical (unpaired) electrons. The molecule has 1 aromatic heterocycles. The van der Waals surface area contributed by atoms with E-state index < -0.39 is 0 Å². The van der Waals surface area contributed by atoms with E-state index in [2.05, 4.69) is 5.32 Å². The van der Waals surface area contributed by atoms with Crippen LogP contribution in [0.1, 0.15) is 47.8 Å². The Morgan fingerprint density at radius 2 is 2.04 bits per heavy atom. The van der Waals surface area contributed by atoms with E-state index in [4.69, 9.17) is 4.74 Å². The van der Waals surface area contributed by atoms with Gasteiger partial charge < -0.3 is 10.1 Å². The van der Waals surface area contributed by atoms with Crippen LogP contribution in [0.25, 0.3) is 10.4 Å². The number of ether oxygens (including phenoxy) is 1. The highest BCUT2D eigenvalue weighted by Crippen LogP contribution is 2.42. The SMILES string of the molecule is CC(=O)c1ccc(-c2cc(F)cc3c2O[C@@H](CNC(=O)C2CCCC2)C3)s1. The third kappa shape index (κ3) is 3.76. The summed E-state index contributed by atoms with van der Waals surface area (Å²) in [6, 6.07) is 6.54. The Hall–Kier alpha value is -2.21. The van der Waals surface area contributed by atoms with E-state index in [1.54, 1.807) is 6.07 Å². The Balaban J connectivity index is 1.49. The third-order valence-electron chi connectivity index (χ3n) is 5.31. The highest BCUT2D eigenvalue weighted by molar-refractivity contribution is 7.17.